The maximum atomic E-state index is 14.4. The highest BCUT2D eigenvalue weighted by molar-refractivity contribution is 7.88. The van der Waals surface area contributed by atoms with Crippen LogP contribution in [0, 0.1) is 0 Å². The molecule has 1 heterocycles. The molecule has 0 saturated carbocycles. The number of benzene rings is 1. The molecule has 0 unspecified atom stereocenters. The number of esters is 2. The van der Waals surface area contributed by atoms with Gasteiger partial charge in [-0.3, -0.25) is 9.08 Å². The molecule has 1 aromatic heterocycles. The zero-order valence-electron chi connectivity index (χ0n) is 25.0. The van der Waals surface area contributed by atoms with E-state index in [1.165, 1.54) is 56.4 Å². The van der Waals surface area contributed by atoms with E-state index in [1.807, 2.05) is 0 Å². The second-order valence-corrected chi connectivity index (χ2v) is 12.1. The van der Waals surface area contributed by atoms with Crippen LogP contribution in [0.1, 0.15) is 96.3 Å². The number of unbranched alkanes of at least 4 members (excludes halogenated alkanes) is 14. The molecule has 1 aromatic carbocycles. The Balaban J connectivity index is 1.53. The SMILES string of the molecule is C=CC(=O)OCCCCCCCCCCCCCCCCCOC(=O)C(F)(F)S(=O)(=O)On1c(O)c2ccccc2cc1=O. The van der Waals surface area contributed by atoms with Crippen LogP contribution in [-0.2, 0) is 29.2 Å². The molecule has 0 saturated heterocycles. The largest absolute Gasteiger partial charge is 0.492 e. The summed E-state index contributed by atoms with van der Waals surface area (Å²) in [5, 5.41) is 5.30. The number of fused-ring (bicyclic) bond motifs is 1. The van der Waals surface area contributed by atoms with Crippen molar-refractivity contribution in [3.8, 4) is 5.88 Å². The maximum absolute atomic E-state index is 14.4. The lowest BCUT2D eigenvalue weighted by Gasteiger charge is -2.17. The fourth-order valence-electron chi connectivity index (χ4n) is 4.53. The van der Waals surface area contributed by atoms with E-state index in [4.69, 9.17) is 4.74 Å². The van der Waals surface area contributed by atoms with Gasteiger partial charge in [0.2, 0.25) is 5.88 Å². The van der Waals surface area contributed by atoms with Crippen molar-refractivity contribution in [2.24, 2.45) is 0 Å². The van der Waals surface area contributed by atoms with Crippen molar-refractivity contribution < 1.29 is 45.7 Å². The van der Waals surface area contributed by atoms with Gasteiger partial charge in [0.1, 0.15) is 0 Å². The first-order valence-corrected chi connectivity index (χ1v) is 16.5. The molecule has 246 valence electrons. The monoisotopic (exact) mass is 643 g/mol. The summed E-state index contributed by atoms with van der Waals surface area (Å²) >= 11 is 0. The Morgan fingerprint density at radius 3 is 1.77 bits per heavy atom. The van der Waals surface area contributed by atoms with Crippen LogP contribution in [0.5, 0.6) is 5.88 Å². The minimum atomic E-state index is -6.02. The molecule has 0 fully saturated rings. The molecule has 0 amide bonds. The molecule has 0 radical (unpaired) electrons. The Hall–Kier alpha value is -3.48. The molecular formula is C31H43F2NO9S. The Labute approximate surface area is 257 Å². The molecule has 44 heavy (non-hydrogen) atoms. The maximum Gasteiger partial charge on any atom is 0.478 e. The zero-order valence-corrected chi connectivity index (χ0v) is 25.8. The van der Waals surface area contributed by atoms with Gasteiger partial charge in [-0.05, 0) is 24.3 Å². The van der Waals surface area contributed by atoms with Gasteiger partial charge in [0.05, 0.1) is 13.2 Å². The summed E-state index contributed by atoms with van der Waals surface area (Å²) in [7, 11) is -6.02. The normalized spacial score (nSPS) is 11.8. The van der Waals surface area contributed by atoms with Crippen molar-refractivity contribution in [2.75, 3.05) is 13.2 Å². The number of nitrogens with zero attached hydrogens (tertiary/aromatic N) is 1. The third kappa shape index (κ3) is 11.9. The molecule has 1 N–H and O–H groups in total. The van der Waals surface area contributed by atoms with Crippen LogP contribution in [0.25, 0.3) is 10.8 Å². The summed E-state index contributed by atoms with van der Waals surface area (Å²) in [5.74, 6) is -3.70. The fourth-order valence-corrected chi connectivity index (χ4v) is 5.23. The summed E-state index contributed by atoms with van der Waals surface area (Å²) in [6.07, 6.45) is 16.2. The van der Waals surface area contributed by atoms with Crippen molar-refractivity contribution in [3.05, 3.63) is 53.3 Å². The summed E-state index contributed by atoms with van der Waals surface area (Å²) in [4.78, 5) is 35.0. The van der Waals surface area contributed by atoms with Crippen molar-refractivity contribution in [1.82, 2.24) is 4.73 Å². The van der Waals surface area contributed by atoms with Crippen LogP contribution >= 0.6 is 0 Å². The van der Waals surface area contributed by atoms with E-state index in [9.17, 15) is 36.7 Å². The molecule has 2 aromatic rings. The van der Waals surface area contributed by atoms with Gasteiger partial charge in [0.25, 0.3) is 5.56 Å². The molecule has 0 spiro atoms. The van der Waals surface area contributed by atoms with Gasteiger partial charge in [0, 0.05) is 17.5 Å². The highest BCUT2D eigenvalue weighted by atomic mass is 32.2. The van der Waals surface area contributed by atoms with Gasteiger partial charge in [0.15, 0.2) is 0 Å². The van der Waals surface area contributed by atoms with E-state index in [1.54, 1.807) is 6.07 Å². The predicted molar refractivity (Wildman–Crippen MR) is 162 cm³/mol. The summed E-state index contributed by atoms with van der Waals surface area (Å²) < 4.78 is 66.5. The first-order valence-electron chi connectivity index (χ1n) is 15.1. The number of rotatable bonds is 23. The van der Waals surface area contributed by atoms with E-state index < -0.39 is 39.4 Å². The van der Waals surface area contributed by atoms with Crippen LogP contribution in [0.3, 0.4) is 0 Å². The second kappa shape index (κ2) is 19.0. The van der Waals surface area contributed by atoms with E-state index in [2.05, 4.69) is 15.6 Å². The van der Waals surface area contributed by atoms with Crippen LogP contribution in [-0.4, -0.2) is 48.7 Å². The average molecular weight is 644 g/mol. The van der Waals surface area contributed by atoms with Crippen molar-refractivity contribution >= 4 is 32.8 Å². The Morgan fingerprint density at radius 1 is 0.818 bits per heavy atom. The molecule has 0 atom stereocenters. The highest BCUT2D eigenvalue weighted by Crippen LogP contribution is 2.27. The van der Waals surface area contributed by atoms with Crippen LogP contribution in [0.15, 0.2) is 47.8 Å². The van der Waals surface area contributed by atoms with Crippen LogP contribution in [0.4, 0.5) is 8.78 Å². The number of hydrogen-bond donors (Lipinski definition) is 1. The molecule has 0 aliphatic rings. The quantitative estimate of drug-likeness (QED) is 0.0854. The second-order valence-electron chi connectivity index (χ2n) is 10.5. The minimum absolute atomic E-state index is 0.0187. The van der Waals surface area contributed by atoms with Gasteiger partial charge in [-0.1, -0.05) is 113 Å². The third-order valence-corrected chi connectivity index (χ3v) is 8.17. The number of carbonyl (C=O) groups excluding carboxylic acids is 2. The standard InChI is InChI=1S/C31H43F2NO9S/c1-2-28(36)41-22-18-14-12-10-8-6-4-3-5-7-9-11-13-15-19-23-42-30(38)31(32,33)44(39,40)43-34-27(35)24-25-20-16-17-21-26(25)29(34)37/h2,16-17,20-21,24,37H,1,3-15,18-19,22-23H2. The van der Waals surface area contributed by atoms with Gasteiger partial charge in [-0.15, -0.1) is 0 Å². The van der Waals surface area contributed by atoms with Gasteiger partial charge >= 0.3 is 27.3 Å². The van der Waals surface area contributed by atoms with Gasteiger partial charge < -0.3 is 14.6 Å². The molecule has 10 nitrogen and oxygen atoms in total. The van der Waals surface area contributed by atoms with Crippen molar-refractivity contribution in [3.63, 3.8) is 0 Å². The van der Waals surface area contributed by atoms with E-state index in [0.717, 1.165) is 57.4 Å². The highest BCUT2D eigenvalue weighted by Gasteiger charge is 2.57. The minimum Gasteiger partial charge on any atom is -0.492 e. The number of ether oxygens (including phenoxy) is 2. The molecule has 0 aliphatic carbocycles. The Morgan fingerprint density at radius 2 is 1.27 bits per heavy atom. The van der Waals surface area contributed by atoms with E-state index in [-0.39, 0.29) is 27.9 Å². The van der Waals surface area contributed by atoms with Crippen LogP contribution < -0.4 is 9.84 Å². The van der Waals surface area contributed by atoms with E-state index >= 15 is 0 Å². The van der Waals surface area contributed by atoms with E-state index in [0.29, 0.717) is 13.0 Å². The number of alkyl halides is 2. The third-order valence-electron chi connectivity index (χ3n) is 7.03. The molecule has 0 aliphatic heterocycles. The first kappa shape index (κ1) is 36.7. The topological polar surface area (TPSA) is 138 Å². The summed E-state index contributed by atoms with van der Waals surface area (Å²) in [6, 6.07) is 6.70. The number of aromatic hydroxyl groups is 1. The number of halogens is 2. The lowest BCUT2D eigenvalue weighted by molar-refractivity contribution is -0.161. The Bertz CT molecular complexity index is 1380. The smallest absolute Gasteiger partial charge is 0.478 e. The molecule has 13 heteroatoms. The molecule has 2 rings (SSSR count). The van der Waals surface area contributed by atoms with Gasteiger partial charge in [-0.2, -0.15) is 17.2 Å². The van der Waals surface area contributed by atoms with Gasteiger partial charge in [-0.25, -0.2) is 9.59 Å². The number of pyridine rings is 1. The first-order chi connectivity index (χ1) is 21.0. The average Bonchev–Trinajstić information content (AvgIpc) is 2.99. The molecular weight excluding hydrogens is 600 g/mol. The van der Waals surface area contributed by atoms with Crippen molar-refractivity contribution in [2.45, 2.75) is 102 Å². The lowest BCUT2D eigenvalue weighted by Crippen LogP contribution is -2.46. The number of aromatic nitrogens is 1. The number of carbonyl (C=O) groups is 2. The van der Waals surface area contributed by atoms with Crippen LogP contribution in [0.2, 0.25) is 0 Å². The summed E-state index contributed by atoms with van der Waals surface area (Å²) in [5.41, 5.74) is -1.22. The fraction of sp³-hybridized carbons (Fsp3) is 0.581. The molecule has 0 bridgehead atoms. The predicted octanol–water partition coefficient (Wildman–Crippen LogP) is 6.18. The van der Waals surface area contributed by atoms with Crippen molar-refractivity contribution in [1.29, 1.82) is 0 Å². The number of hydrogen-bond acceptors (Lipinski definition) is 9. The summed E-state index contributed by atoms with van der Waals surface area (Å²) in [6.45, 7) is 3.41. The lowest BCUT2D eigenvalue weighted by atomic mass is 10.0. The Kier molecular flexibility index (Phi) is 15.9. The zero-order chi connectivity index (χ0) is 32.4.